The fourth-order valence-corrected chi connectivity index (χ4v) is 3.48. The average molecular weight is 348 g/mol. The SMILES string of the molecule is CC1(C)CC[C@H](CNC(=O)N2CCN(CCS(N)(=O)=O)CC2)O1. The fourth-order valence-electron chi connectivity index (χ4n) is 2.97. The highest BCUT2D eigenvalue weighted by Gasteiger charge is 2.32. The van der Waals surface area contributed by atoms with Gasteiger partial charge < -0.3 is 15.0 Å². The Balaban J connectivity index is 1.66. The third kappa shape index (κ3) is 6.25. The summed E-state index contributed by atoms with van der Waals surface area (Å²) in [5, 5.41) is 7.94. The third-order valence-corrected chi connectivity index (χ3v) is 5.14. The maximum atomic E-state index is 12.2. The zero-order chi connectivity index (χ0) is 17.1. The number of sulfonamides is 1. The Bertz CT molecular complexity index is 515. The van der Waals surface area contributed by atoms with Crippen molar-refractivity contribution in [2.45, 2.75) is 38.4 Å². The molecule has 2 amide bonds. The van der Waals surface area contributed by atoms with E-state index in [1.165, 1.54) is 0 Å². The van der Waals surface area contributed by atoms with Gasteiger partial charge in [0.05, 0.1) is 17.5 Å². The lowest BCUT2D eigenvalue weighted by Gasteiger charge is -2.34. The van der Waals surface area contributed by atoms with Gasteiger partial charge in [0.1, 0.15) is 0 Å². The molecule has 8 nitrogen and oxygen atoms in total. The van der Waals surface area contributed by atoms with Crippen molar-refractivity contribution in [2.75, 3.05) is 45.0 Å². The summed E-state index contributed by atoms with van der Waals surface area (Å²) in [5.41, 5.74) is -0.0929. The second-order valence-electron chi connectivity index (χ2n) is 6.92. The van der Waals surface area contributed by atoms with Gasteiger partial charge >= 0.3 is 6.03 Å². The minimum absolute atomic E-state index is 0.0476. The number of hydrogen-bond acceptors (Lipinski definition) is 5. The van der Waals surface area contributed by atoms with E-state index in [0.717, 1.165) is 12.8 Å². The van der Waals surface area contributed by atoms with Gasteiger partial charge in [0.2, 0.25) is 10.0 Å². The maximum absolute atomic E-state index is 12.2. The molecule has 2 fully saturated rings. The van der Waals surface area contributed by atoms with Gasteiger partial charge in [0, 0.05) is 39.3 Å². The second kappa shape index (κ2) is 7.33. The highest BCUT2D eigenvalue weighted by atomic mass is 32.2. The average Bonchev–Trinajstić information content (AvgIpc) is 2.82. The van der Waals surface area contributed by atoms with Crippen LogP contribution in [0.5, 0.6) is 0 Å². The number of amides is 2. The molecular weight excluding hydrogens is 320 g/mol. The van der Waals surface area contributed by atoms with Crippen LogP contribution in [0.2, 0.25) is 0 Å². The number of hydrogen-bond donors (Lipinski definition) is 2. The lowest BCUT2D eigenvalue weighted by molar-refractivity contribution is -0.0137. The third-order valence-electron chi connectivity index (χ3n) is 4.39. The largest absolute Gasteiger partial charge is 0.371 e. The summed E-state index contributed by atoms with van der Waals surface area (Å²) in [6.07, 6.45) is 2.07. The van der Waals surface area contributed by atoms with Gasteiger partial charge in [-0.25, -0.2) is 18.4 Å². The van der Waals surface area contributed by atoms with Crippen LogP contribution < -0.4 is 10.5 Å². The van der Waals surface area contributed by atoms with Crippen LogP contribution in [0.1, 0.15) is 26.7 Å². The van der Waals surface area contributed by atoms with Crippen LogP contribution in [-0.4, -0.2) is 81.0 Å². The van der Waals surface area contributed by atoms with E-state index in [4.69, 9.17) is 9.88 Å². The van der Waals surface area contributed by atoms with Gasteiger partial charge in [-0.2, -0.15) is 0 Å². The number of carbonyl (C=O) groups is 1. The molecule has 0 unspecified atom stereocenters. The molecule has 0 saturated carbocycles. The Hall–Kier alpha value is -0.900. The summed E-state index contributed by atoms with van der Waals surface area (Å²) in [6.45, 7) is 7.59. The standard InChI is InChI=1S/C14H28N4O4S/c1-14(2)4-3-12(22-14)11-16-13(19)18-7-5-17(6-8-18)9-10-23(15,20)21/h12H,3-11H2,1-2H3,(H,16,19)(H2,15,20,21)/t12-/m1/s1. The second-order valence-corrected chi connectivity index (χ2v) is 8.65. The Morgan fingerprint density at radius 2 is 1.96 bits per heavy atom. The quantitative estimate of drug-likeness (QED) is 0.701. The number of urea groups is 1. The van der Waals surface area contributed by atoms with Crippen molar-refractivity contribution in [3.8, 4) is 0 Å². The van der Waals surface area contributed by atoms with Gasteiger partial charge in [-0.15, -0.1) is 0 Å². The van der Waals surface area contributed by atoms with Gasteiger partial charge in [-0.3, -0.25) is 4.90 Å². The minimum atomic E-state index is -3.43. The fraction of sp³-hybridized carbons (Fsp3) is 0.929. The molecule has 2 aliphatic heterocycles. The minimum Gasteiger partial charge on any atom is -0.371 e. The Morgan fingerprint density at radius 3 is 2.48 bits per heavy atom. The first-order valence-corrected chi connectivity index (χ1v) is 9.80. The van der Waals surface area contributed by atoms with E-state index in [9.17, 15) is 13.2 Å². The maximum Gasteiger partial charge on any atom is 0.317 e. The lowest BCUT2D eigenvalue weighted by Crippen LogP contribution is -2.53. The van der Waals surface area contributed by atoms with Gasteiger partial charge in [0.25, 0.3) is 0 Å². The molecule has 0 radical (unpaired) electrons. The molecule has 9 heteroatoms. The molecule has 134 valence electrons. The molecule has 1 atom stereocenters. The van der Waals surface area contributed by atoms with Crippen LogP contribution in [0, 0.1) is 0 Å². The van der Waals surface area contributed by atoms with Crippen molar-refractivity contribution in [3.63, 3.8) is 0 Å². The number of piperazine rings is 1. The molecule has 0 spiro atoms. The van der Waals surface area contributed by atoms with E-state index in [-0.39, 0.29) is 23.5 Å². The number of ether oxygens (including phenoxy) is 1. The zero-order valence-corrected chi connectivity index (χ0v) is 14.8. The number of nitrogens with one attached hydrogen (secondary N) is 1. The first-order valence-electron chi connectivity index (χ1n) is 8.08. The highest BCUT2D eigenvalue weighted by molar-refractivity contribution is 7.89. The molecule has 0 bridgehead atoms. The smallest absolute Gasteiger partial charge is 0.317 e. The summed E-state index contributed by atoms with van der Waals surface area (Å²) < 4.78 is 27.8. The van der Waals surface area contributed by atoms with Crippen molar-refractivity contribution in [2.24, 2.45) is 5.14 Å². The number of rotatable bonds is 5. The van der Waals surface area contributed by atoms with Crippen LogP contribution in [0.25, 0.3) is 0 Å². The first-order chi connectivity index (χ1) is 10.6. The van der Waals surface area contributed by atoms with E-state index in [2.05, 4.69) is 19.2 Å². The van der Waals surface area contributed by atoms with Crippen LogP contribution in [-0.2, 0) is 14.8 Å². The molecule has 2 saturated heterocycles. The van der Waals surface area contributed by atoms with Crippen LogP contribution in [0.4, 0.5) is 4.79 Å². The van der Waals surface area contributed by atoms with Gasteiger partial charge in [0.15, 0.2) is 0 Å². The summed E-state index contributed by atoms with van der Waals surface area (Å²) in [6, 6.07) is -0.0793. The number of primary sulfonamides is 1. The molecule has 23 heavy (non-hydrogen) atoms. The van der Waals surface area contributed by atoms with E-state index in [0.29, 0.717) is 39.3 Å². The summed E-state index contributed by atoms with van der Waals surface area (Å²) >= 11 is 0. The van der Waals surface area contributed by atoms with Crippen molar-refractivity contribution in [3.05, 3.63) is 0 Å². The molecule has 0 aliphatic carbocycles. The van der Waals surface area contributed by atoms with Crippen molar-refractivity contribution in [1.82, 2.24) is 15.1 Å². The van der Waals surface area contributed by atoms with Crippen LogP contribution in [0.15, 0.2) is 0 Å². The van der Waals surface area contributed by atoms with E-state index in [1.54, 1.807) is 4.90 Å². The number of nitrogens with zero attached hydrogens (tertiary/aromatic N) is 2. The Kier molecular flexibility index (Phi) is 5.88. The molecule has 2 rings (SSSR count). The summed E-state index contributed by atoms with van der Waals surface area (Å²) in [4.78, 5) is 15.9. The van der Waals surface area contributed by atoms with E-state index >= 15 is 0 Å². The number of nitrogens with two attached hydrogens (primary N) is 1. The molecule has 3 N–H and O–H groups in total. The summed E-state index contributed by atoms with van der Waals surface area (Å²) in [7, 11) is -3.43. The number of carbonyl (C=O) groups excluding carboxylic acids is 1. The monoisotopic (exact) mass is 348 g/mol. The summed E-state index contributed by atoms with van der Waals surface area (Å²) in [5.74, 6) is -0.0476. The predicted molar refractivity (Wildman–Crippen MR) is 87.6 cm³/mol. The van der Waals surface area contributed by atoms with Crippen LogP contribution >= 0.6 is 0 Å². The highest BCUT2D eigenvalue weighted by Crippen LogP contribution is 2.28. The van der Waals surface area contributed by atoms with Gasteiger partial charge in [-0.1, -0.05) is 0 Å². The predicted octanol–water partition coefficient (Wildman–Crippen LogP) is -0.440. The molecule has 0 aromatic carbocycles. The molecule has 0 aromatic heterocycles. The lowest BCUT2D eigenvalue weighted by atomic mass is 10.1. The van der Waals surface area contributed by atoms with Crippen molar-refractivity contribution < 1.29 is 17.9 Å². The van der Waals surface area contributed by atoms with Crippen molar-refractivity contribution >= 4 is 16.1 Å². The van der Waals surface area contributed by atoms with E-state index < -0.39 is 10.0 Å². The normalized spacial score (nSPS) is 25.5. The Labute approximate surface area is 138 Å². The van der Waals surface area contributed by atoms with Crippen molar-refractivity contribution in [1.29, 1.82) is 0 Å². The topological polar surface area (TPSA) is 105 Å². The first kappa shape index (κ1) is 18.4. The van der Waals surface area contributed by atoms with E-state index in [1.807, 2.05) is 4.90 Å². The molecular formula is C14H28N4O4S. The Morgan fingerprint density at radius 1 is 1.30 bits per heavy atom. The molecule has 2 aliphatic rings. The van der Waals surface area contributed by atoms with Gasteiger partial charge in [-0.05, 0) is 26.7 Å². The van der Waals surface area contributed by atoms with Crippen LogP contribution in [0.3, 0.4) is 0 Å². The molecule has 2 heterocycles. The zero-order valence-electron chi connectivity index (χ0n) is 14.0. The molecule has 0 aromatic rings.